The SMILES string of the molecule is Cc1cccc(Cc2ccc([N+](=O)[O-])cc2)c1[N+](=O)[O-]. The van der Waals surface area contributed by atoms with Crippen LogP contribution >= 0.6 is 0 Å². The zero-order valence-electron chi connectivity index (χ0n) is 10.8. The molecule has 0 heterocycles. The van der Waals surface area contributed by atoms with Crippen molar-refractivity contribution in [2.24, 2.45) is 0 Å². The van der Waals surface area contributed by atoms with Crippen molar-refractivity contribution < 1.29 is 9.85 Å². The minimum Gasteiger partial charge on any atom is -0.258 e. The average molecular weight is 272 g/mol. The predicted octanol–water partition coefficient (Wildman–Crippen LogP) is 3.40. The van der Waals surface area contributed by atoms with Gasteiger partial charge in [-0.1, -0.05) is 30.3 Å². The van der Waals surface area contributed by atoms with Gasteiger partial charge in [0.1, 0.15) is 0 Å². The van der Waals surface area contributed by atoms with Crippen LogP contribution in [0.15, 0.2) is 42.5 Å². The van der Waals surface area contributed by atoms with Crippen LogP contribution in [0.5, 0.6) is 0 Å². The predicted molar refractivity (Wildman–Crippen MR) is 73.7 cm³/mol. The highest BCUT2D eigenvalue weighted by molar-refractivity contribution is 5.49. The summed E-state index contributed by atoms with van der Waals surface area (Å²) in [6, 6.07) is 11.2. The molecule has 0 atom stereocenters. The molecule has 0 bridgehead atoms. The second-order valence-corrected chi connectivity index (χ2v) is 4.44. The lowest BCUT2D eigenvalue weighted by Gasteiger charge is -2.05. The maximum atomic E-state index is 11.1. The summed E-state index contributed by atoms with van der Waals surface area (Å²) in [5, 5.41) is 21.7. The number of rotatable bonds is 4. The zero-order valence-corrected chi connectivity index (χ0v) is 10.8. The van der Waals surface area contributed by atoms with Crippen LogP contribution in [0.4, 0.5) is 11.4 Å². The average Bonchev–Trinajstić information content (AvgIpc) is 2.39. The largest absolute Gasteiger partial charge is 0.275 e. The number of hydrogen-bond acceptors (Lipinski definition) is 4. The van der Waals surface area contributed by atoms with Gasteiger partial charge < -0.3 is 0 Å². The van der Waals surface area contributed by atoms with Gasteiger partial charge >= 0.3 is 0 Å². The van der Waals surface area contributed by atoms with Gasteiger partial charge in [0.05, 0.1) is 9.85 Å². The van der Waals surface area contributed by atoms with E-state index in [-0.39, 0.29) is 11.4 Å². The summed E-state index contributed by atoms with van der Waals surface area (Å²) >= 11 is 0. The molecule has 2 rings (SSSR count). The fourth-order valence-electron chi connectivity index (χ4n) is 2.08. The molecule has 102 valence electrons. The summed E-state index contributed by atoms with van der Waals surface area (Å²) in [6.07, 6.45) is 0.371. The van der Waals surface area contributed by atoms with E-state index in [1.54, 1.807) is 37.3 Å². The second-order valence-electron chi connectivity index (χ2n) is 4.44. The Labute approximate surface area is 115 Å². The molecule has 0 fully saturated rings. The third-order valence-corrected chi connectivity index (χ3v) is 3.05. The summed E-state index contributed by atoms with van der Waals surface area (Å²) in [5.41, 5.74) is 2.11. The van der Waals surface area contributed by atoms with Gasteiger partial charge in [0.2, 0.25) is 0 Å². The molecule has 0 saturated heterocycles. The number of hydrogen-bond donors (Lipinski definition) is 0. The van der Waals surface area contributed by atoms with Crippen molar-refractivity contribution in [2.45, 2.75) is 13.3 Å². The van der Waals surface area contributed by atoms with Crippen molar-refractivity contribution in [1.29, 1.82) is 0 Å². The molecule has 0 aromatic heterocycles. The van der Waals surface area contributed by atoms with E-state index in [2.05, 4.69) is 0 Å². The minimum absolute atomic E-state index is 0.00694. The normalized spacial score (nSPS) is 10.2. The first-order valence-electron chi connectivity index (χ1n) is 5.95. The Bertz CT molecular complexity index is 665. The number of aryl methyl sites for hydroxylation is 1. The highest BCUT2D eigenvalue weighted by Gasteiger charge is 2.17. The first-order valence-corrected chi connectivity index (χ1v) is 5.95. The van der Waals surface area contributed by atoms with E-state index < -0.39 is 9.85 Å². The molecule has 20 heavy (non-hydrogen) atoms. The molecule has 0 amide bonds. The van der Waals surface area contributed by atoms with E-state index in [1.807, 2.05) is 0 Å². The fourth-order valence-corrected chi connectivity index (χ4v) is 2.08. The van der Waals surface area contributed by atoms with Crippen LogP contribution in [-0.4, -0.2) is 9.85 Å². The first kappa shape index (κ1) is 13.7. The summed E-state index contributed by atoms with van der Waals surface area (Å²) in [4.78, 5) is 20.8. The van der Waals surface area contributed by atoms with Crippen molar-refractivity contribution in [3.05, 3.63) is 79.4 Å². The van der Waals surface area contributed by atoms with Crippen molar-refractivity contribution in [3.8, 4) is 0 Å². The van der Waals surface area contributed by atoms with Crippen molar-refractivity contribution >= 4 is 11.4 Å². The van der Waals surface area contributed by atoms with Gasteiger partial charge in [-0.3, -0.25) is 20.2 Å². The van der Waals surface area contributed by atoms with Crippen molar-refractivity contribution in [2.75, 3.05) is 0 Å². The van der Waals surface area contributed by atoms with Gasteiger partial charge in [0.25, 0.3) is 11.4 Å². The lowest BCUT2D eigenvalue weighted by Crippen LogP contribution is -1.99. The molecule has 6 nitrogen and oxygen atoms in total. The molecule has 0 saturated carbocycles. The molecule has 0 aliphatic heterocycles. The summed E-state index contributed by atoms with van der Waals surface area (Å²) in [6.45, 7) is 1.69. The van der Waals surface area contributed by atoms with Gasteiger partial charge in [-0.15, -0.1) is 0 Å². The standard InChI is InChI=1S/C14H12N2O4/c1-10-3-2-4-12(14(10)16(19)20)9-11-5-7-13(8-6-11)15(17)18/h2-8H,9H2,1H3. The summed E-state index contributed by atoms with van der Waals surface area (Å²) in [5.74, 6) is 0. The topological polar surface area (TPSA) is 86.3 Å². The molecule has 2 aromatic carbocycles. The third-order valence-electron chi connectivity index (χ3n) is 3.05. The zero-order chi connectivity index (χ0) is 14.7. The molecule has 0 unspecified atom stereocenters. The van der Waals surface area contributed by atoms with E-state index in [1.165, 1.54) is 12.1 Å². The molecule has 0 aliphatic carbocycles. The summed E-state index contributed by atoms with van der Waals surface area (Å²) in [7, 11) is 0. The van der Waals surface area contributed by atoms with Gasteiger partial charge in [0.15, 0.2) is 0 Å². The number of nitro groups is 2. The highest BCUT2D eigenvalue weighted by atomic mass is 16.6. The Kier molecular flexibility index (Phi) is 3.74. The van der Waals surface area contributed by atoms with Crippen molar-refractivity contribution in [1.82, 2.24) is 0 Å². The van der Waals surface area contributed by atoms with Crippen LogP contribution < -0.4 is 0 Å². The van der Waals surface area contributed by atoms with E-state index in [4.69, 9.17) is 0 Å². The molecule has 0 spiro atoms. The molecular formula is C14H12N2O4. The Balaban J connectivity index is 2.33. The van der Waals surface area contributed by atoms with Gasteiger partial charge in [-0.25, -0.2) is 0 Å². The van der Waals surface area contributed by atoms with Crippen LogP contribution in [0.2, 0.25) is 0 Å². The van der Waals surface area contributed by atoms with Crippen LogP contribution in [-0.2, 0) is 6.42 Å². The third kappa shape index (κ3) is 2.80. The fraction of sp³-hybridized carbons (Fsp3) is 0.143. The number of nitrogens with zero attached hydrogens (tertiary/aromatic N) is 2. The monoisotopic (exact) mass is 272 g/mol. The maximum Gasteiger partial charge on any atom is 0.275 e. The minimum atomic E-state index is -0.473. The Morgan fingerprint density at radius 2 is 1.60 bits per heavy atom. The molecule has 0 aliphatic rings. The Morgan fingerprint density at radius 1 is 0.950 bits per heavy atom. The molecule has 0 radical (unpaired) electrons. The van der Waals surface area contributed by atoms with Crippen LogP contribution in [0.3, 0.4) is 0 Å². The molecule has 6 heteroatoms. The van der Waals surface area contributed by atoms with E-state index in [9.17, 15) is 20.2 Å². The van der Waals surface area contributed by atoms with Crippen LogP contribution in [0, 0.1) is 27.2 Å². The van der Waals surface area contributed by atoms with Crippen LogP contribution in [0.25, 0.3) is 0 Å². The Morgan fingerprint density at radius 3 is 2.15 bits per heavy atom. The van der Waals surface area contributed by atoms with E-state index in [0.29, 0.717) is 17.5 Å². The number of para-hydroxylation sites is 1. The smallest absolute Gasteiger partial charge is 0.258 e. The number of nitro benzene ring substituents is 2. The van der Waals surface area contributed by atoms with Gasteiger partial charge in [-0.05, 0) is 12.5 Å². The van der Waals surface area contributed by atoms with Crippen molar-refractivity contribution in [3.63, 3.8) is 0 Å². The molecule has 2 aromatic rings. The second kappa shape index (κ2) is 5.48. The van der Waals surface area contributed by atoms with Gasteiger partial charge in [-0.2, -0.15) is 0 Å². The summed E-state index contributed by atoms with van der Waals surface area (Å²) < 4.78 is 0. The maximum absolute atomic E-state index is 11.1. The van der Waals surface area contributed by atoms with E-state index in [0.717, 1.165) is 5.56 Å². The first-order chi connectivity index (χ1) is 9.49. The lowest BCUT2D eigenvalue weighted by molar-refractivity contribution is -0.386. The number of non-ortho nitro benzene ring substituents is 1. The Hall–Kier alpha value is -2.76. The van der Waals surface area contributed by atoms with Crippen LogP contribution in [0.1, 0.15) is 16.7 Å². The van der Waals surface area contributed by atoms with Gasteiger partial charge in [0, 0.05) is 29.7 Å². The molecule has 0 N–H and O–H groups in total. The van der Waals surface area contributed by atoms with E-state index >= 15 is 0 Å². The lowest BCUT2D eigenvalue weighted by atomic mass is 10.0. The quantitative estimate of drug-likeness (QED) is 0.630. The molecular weight excluding hydrogens is 260 g/mol. The highest BCUT2D eigenvalue weighted by Crippen LogP contribution is 2.26. The number of benzene rings is 2.